The number of hydrogen-bond donors (Lipinski definition) is 2. The maximum absolute atomic E-state index is 12.2. The van der Waals surface area contributed by atoms with Crippen molar-refractivity contribution in [2.24, 2.45) is 0 Å². The van der Waals surface area contributed by atoms with Gasteiger partial charge in [0.05, 0.1) is 25.9 Å². The Labute approximate surface area is 118 Å². The van der Waals surface area contributed by atoms with E-state index in [2.05, 4.69) is 16.7 Å². The molecule has 2 atom stereocenters. The number of nitrogens with one attached hydrogen (secondary N) is 2. The highest BCUT2D eigenvalue weighted by molar-refractivity contribution is 5.85. The van der Waals surface area contributed by atoms with Gasteiger partial charge in [0, 0.05) is 12.2 Å². The molecule has 0 bridgehead atoms. The van der Waals surface area contributed by atoms with Gasteiger partial charge < -0.3 is 20.1 Å². The minimum Gasteiger partial charge on any atom is -0.376 e. The van der Waals surface area contributed by atoms with Crippen molar-refractivity contribution in [3.63, 3.8) is 0 Å². The second-order valence-corrected chi connectivity index (χ2v) is 5.21. The Balaban J connectivity index is 1.51. The molecule has 2 aliphatic heterocycles. The predicted octanol–water partition coefficient (Wildman–Crippen LogP) is 0.945. The van der Waals surface area contributed by atoms with Crippen LogP contribution in [0.25, 0.3) is 0 Å². The SMILES string of the molecule is O=C(NCC1COCCO1)C1CCc2ccccc2N1. The van der Waals surface area contributed by atoms with Crippen LogP contribution in [0.4, 0.5) is 5.69 Å². The van der Waals surface area contributed by atoms with E-state index in [-0.39, 0.29) is 18.1 Å². The van der Waals surface area contributed by atoms with Gasteiger partial charge in [0.25, 0.3) is 0 Å². The van der Waals surface area contributed by atoms with Crippen LogP contribution in [0.5, 0.6) is 0 Å². The van der Waals surface area contributed by atoms with E-state index in [0.717, 1.165) is 18.5 Å². The molecule has 3 rings (SSSR count). The highest BCUT2D eigenvalue weighted by Gasteiger charge is 2.24. The second kappa shape index (κ2) is 6.24. The van der Waals surface area contributed by atoms with Crippen LogP contribution in [-0.2, 0) is 20.7 Å². The number of hydrogen-bond acceptors (Lipinski definition) is 4. The maximum Gasteiger partial charge on any atom is 0.242 e. The summed E-state index contributed by atoms with van der Waals surface area (Å²) in [7, 11) is 0. The lowest BCUT2D eigenvalue weighted by atomic mass is 9.98. The van der Waals surface area contributed by atoms with Crippen molar-refractivity contribution < 1.29 is 14.3 Å². The van der Waals surface area contributed by atoms with Crippen LogP contribution in [0, 0.1) is 0 Å². The average Bonchev–Trinajstić information content (AvgIpc) is 2.53. The molecule has 1 fully saturated rings. The number of benzene rings is 1. The first-order valence-electron chi connectivity index (χ1n) is 7.14. The normalized spacial score (nSPS) is 25.4. The molecule has 0 spiro atoms. The molecule has 1 aromatic carbocycles. The molecule has 1 amide bonds. The third-order valence-corrected chi connectivity index (χ3v) is 3.75. The van der Waals surface area contributed by atoms with Crippen LogP contribution >= 0.6 is 0 Å². The Bertz CT molecular complexity index is 472. The first-order chi connectivity index (χ1) is 9.83. The second-order valence-electron chi connectivity index (χ2n) is 5.21. The summed E-state index contributed by atoms with van der Waals surface area (Å²) in [5, 5.41) is 6.25. The van der Waals surface area contributed by atoms with Gasteiger partial charge in [-0.2, -0.15) is 0 Å². The molecular weight excluding hydrogens is 256 g/mol. The standard InChI is InChI=1S/C15H20N2O3/c18-15(16-9-12-10-19-7-8-20-12)14-6-5-11-3-1-2-4-13(11)17-14/h1-4,12,14,17H,5-10H2,(H,16,18). The molecule has 5 heteroatoms. The predicted molar refractivity (Wildman–Crippen MR) is 75.7 cm³/mol. The number of rotatable bonds is 3. The number of carbonyl (C=O) groups is 1. The third-order valence-electron chi connectivity index (χ3n) is 3.75. The van der Waals surface area contributed by atoms with Crippen molar-refractivity contribution in [3.05, 3.63) is 29.8 Å². The molecule has 2 unspecified atom stereocenters. The Morgan fingerprint density at radius 2 is 2.25 bits per heavy atom. The van der Waals surface area contributed by atoms with Crippen LogP contribution in [0.3, 0.4) is 0 Å². The summed E-state index contributed by atoms with van der Waals surface area (Å²) in [4.78, 5) is 12.2. The van der Waals surface area contributed by atoms with Gasteiger partial charge in [0.1, 0.15) is 6.04 Å². The number of anilines is 1. The van der Waals surface area contributed by atoms with Gasteiger partial charge in [-0.15, -0.1) is 0 Å². The maximum atomic E-state index is 12.2. The molecule has 0 radical (unpaired) electrons. The quantitative estimate of drug-likeness (QED) is 0.863. The highest BCUT2D eigenvalue weighted by Crippen LogP contribution is 2.24. The van der Waals surface area contributed by atoms with Crippen LogP contribution in [-0.4, -0.2) is 44.4 Å². The third kappa shape index (κ3) is 3.11. The van der Waals surface area contributed by atoms with E-state index in [1.807, 2.05) is 18.2 Å². The fourth-order valence-electron chi connectivity index (χ4n) is 2.63. The molecule has 2 N–H and O–H groups in total. The van der Waals surface area contributed by atoms with Crippen molar-refractivity contribution in [1.82, 2.24) is 5.32 Å². The molecular formula is C15H20N2O3. The number of fused-ring (bicyclic) bond motifs is 1. The minimum absolute atomic E-state index is 0.0245. The molecule has 1 aromatic rings. The van der Waals surface area contributed by atoms with Gasteiger partial charge in [-0.25, -0.2) is 0 Å². The van der Waals surface area contributed by atoms with Crippen molar-refractivity contribution in [2.75, 3.05) is 31.7 Å². The fraction of sp³-hybridized carbons (Fsp3) is 0.533. The van der Waals surface area contributed by atoms with Gasteiger partial charge in [0.2, 0.25) is 5.91 Å². The van der Waals surface area contributed by atoms with Crippen molar-refractivity contribution >= 4 is 11.6 Å². The van der Waals surface area contributed by atoms with E-state index >= 15 is 0 Å². The van der Waals surface area contributed by atoms with Gasteiger partial charge in [-0.05, 0) is 24.5 Å². The smallest absolute Gasteiger partial charge is 0.242 e. The summed E-state index contributed by atoms with van der Waals surface area (Å²) in [5.41, 5.74) is 2.34. The molecule has 2 aliphatic rings. The average molecular weight is 276 g/mol. The highest BCUT2D eigenvalue weighted by atomic mass is 16.6. The number of carbonyl (C=O) groups excluding carboxylic acids is 1. The minimum atomic E-state index is -0.158. The summed E-state index contributed by atoms with van der Waals surface area (Å²) >= 11 is 0. The Morgan fingerprint density at radius 3 is 3.10 bits per heavy atom. The molecule has 0 aromatic heterocycles. The number of ether oxygens (including phenoxy) is 2. The monoisotopic (exact) mass is 276 g/mol. The van der Waals surface area contributed by atoms with Gasteiger partial charge in [0.15, 0.2) is 0 Å². The van der Waals surface area contributed by atoms with Crippen LogP contribution < -0.4 is 10.6 Å². The van der Waals surface area contributed by atoms with Crippen molar-refractivity contribution in [2.45, 2.75) is 25.0 Å². The van der Waals surface area contributed by atoms with Crippen molar-refractivity contribution in [1.29, 1.82) is 0 Å². The van der Waals surface area contributed by atoms with Crippen LogP contribution in [0.1, 0.15) is 12.0 Å². The lowest BCUT2D eigenvalue weighted by Gasteiger charge is -2.28. The van der Waals surface area contributed by atoms with Crippen LogP contribution in [0.15, 0.2) is 24.3 Å². The van der Waals surface area contributed by atoms with E-state index in [1.165, 1.54) is 5.56 Å². The summed E-state index contributed by atoms with van der Waals surface area (Å²) in [6.45, 7) is 2.32. The summed E-state index contributed by atoms with van der Waals surface area (Å²) < 4.78 is 10.8. The summed E-state index contributed by atoms with van der Waals surface area (Å²) in [6.07, 6.45) is 1.73. The molecule has 20 heavy (non-hydrogen) atoms. The molecule has 1 saturated heterocycles. The zero-order valence-electron chi connectivity index (χ0n) is 11.4. The van der Waals surface area contributed by atoms with Gasteiger partial charge in [-0.3, -0.25) is 4.79 Å². The summed E-state index contributed by atoms with van der Waals surface area (Å²) in [5.74, 6) is 0.0358. The molecule has 108 valence electrons. The van der Waals surface area contributed by atoms with Crippen LogP contribution in [0.2, 0.25) is 0 Å². The lowest BCUT2D eigenvalue weighted by Crippen LogP contribution is -2.46. The molecule has 0 aliphatic carbocycles. The van der Waals surface area contributed by atoms with Crippen molar-refractivity contribution in [3.8, 4) is 0 Å². The Morgan fingerprint density at radius 1 is 1.35 bits per heavy atom. The zero-order valence-corrected chi connectivity index (χ0v) is 11.4. The first kappa shape index (κ1) is 13.4. The van der Waals surface area contributed by atoms with E-state index in [0.29, 0.717) is 26.4 Å². The van der Waals surface area contributed by atoms with Gasteiger partial charge in [-0.1, -0.05) is 18.2 Å². The van der Waals surface area contributed by atoms with E-state index in [1.54, 1.807) is 0 Å². The van der Waals surface area contributed by atoms with Gasteiger partial charge >= 0.3 is 0 Å². The number of para-hydroxylation sites is 1. The molecule has 5 nitrogen and oxygen atoms in total. The lowest BCUT2D eigenvalue weighted by molar-refractivity contribution is -0.124. The van der Waals surface area contributed by atoms with E-state index in [4.69, 9.17) is 9.47 Å². The molecule has 2 heterocycles. The summed E-state index contributed by atoms with van der Waals surface area (Å²) in [6, 6.07) is 7.98. The largest absolute Gasteiger partial charge is 0.376 e. The first-order valence-corrected chi connectivity index (χ1v) is 7.14. The van der Waals surface area contributed by atoms with E-state index < -0.39 is 0 Å². The Hall–Kier alpha value is -1.59. The van der Waals surface area contributed by atoms with E-state index in [9.17, 15) is 4.79 Å². The fourth-order valence-corrected chi connectivity index (χ4v) is 2.63. The zero-order chi connectivity index (χ0) is 13.8. The molecule has 0 saturated carbocycles. The number of amides is 1. The Kier molecular flexibility index (Phi) is 4.18. The topological polar surface area (TPSA) is 59.6 Å². The number of aryl methyl sites for hydroxylation is 1.